The molecule has 0 radical (unpaired) electrons. The molecule has 2 rings (SSSR count). The standard InChI is InChI=1S/C15H20N2O2/c1-11-8-12(2)14(13(3)9-11)15(19)17-6-4-16(10-18)5-7-17/h8-10H,4-7H2,1-3H3. The summed E-state index contributed by atoms with van der Waals surface area (Å²) in [5, 5.41) is 0. The van der Waals surface area contributed by atoms with Crippen molar-refractivity contribution in [3.05, 3.63) is 34.4 Å². The van der Waals surface area contributed by atoms with Gasteiger partial charge in [0.1, 0.15) is 0 Å². The van der Waals surface area contributed by atoms with Gasteiger partial charge >= 0.3 is 0 Å². The van der Waals surface area contributed by atoms with Gasteiger partial charge in [-0.3, -0.25) is 9.59 Å². The van der Waals surface area contributed by atoms with Gasteiger partial charge < -0.3 is 9.80 Å². The Morgan fingerprint density at radius 2 is 1.58 bits per heavy atom. The van der Waals surface area contributed by atoms with Crippen LogP contribution in [0.5, 0.6) is 0 Å². The Morgan fingerprint density at radius 3 is 2.05 bits per heavy atom. The van der Waals surface area contributed by atoms with Crippen LogP contribution in [0.3, 0.4) is 0 Å². The van der Waals surface area contributed by atoms with Crippen LogP contribution >= 0.6 is 0 Å². The Balaban J connectivity index is 2.19. The first-order valence-electron chi connectivity index (χ1n) is 6.59. The Kier molecular flexibility index (Phi) is 3.88. The first kappa shape index (κ1) is 13.6. The monoisotopic (exact) mass is 260 g/mol. The maximum atomic E-state index is 12.6. The Labute approximate surface area is 114 Å². The third kappa shape index (κ3) is 2.78. The molecule has 1 heterocycles. The van der Waals surface area contributed by atoms with E-state index >= 15 is 0 Å². The highest BCUT2D eigenvalue weighted by Gasteiger charge is 2.23. The van der Waals surface area contributed by atoms with Crippen molar-refractivity contribution in [2.75, 3.05) is 26.2 Å². The third-order valence-corrected chi connectivity index (χ3v) is 3.64. The van der Waals surface area contributed by atoms with Gasteiger partial charge in [0, 0.05) is 31.7 Å². The fourth-order valence-electron chi connectivity index (χ4n) is 2.71. The Bertz CT molecular complexity index is 480. The van der Waals surface area contributed by atoms with E-state index in [1.165, 1.54) is 5.56 Å². The molecular weight excluding hydrogens is 240 g/mol. The molecule has 0 N–H and O–H groups in total. The van der Waals surface area contributed by atoms with Crippen molar-refractivity contribution in [1.82, 2.24) is 9.80 Å². The minimum absolute atomic E-state index is 0.0838. The van der Waals surface area contributed by atoms with E-state index in [0.717, 1.165) is 23.1 Å². The quantitative estimate of drug-likeness (QED) is 0.757. The predicted molar refractivity (Wildman–Crippen MR) is 74.2 cm³/mol. The van der Waals surface area contributed by atoms with E-state index in [-0.39, 0.29) is 5.91 Å². The number of nitrogens with zero attached hydrogens (tertiary/aromatic N) is 2. The predicted octanol–water partition coefficient (Wildman–Crippen LogP) is 1.53. The zero-order chi connectivity index (χ0) is 14.0. The summed E-state index contributed by atoms with van der Waals surface area (Å²) in [6.07, 6.45) is 0.851. The molecule has 1 aliphatic heterocycles. The van der Waals surface area contributed by atoms with Crippen LogP contribution in [0.25, 0.3) is 0 Å². The van der Waals surface area contributed by atoms with E-state index in [2.05, 4.69) is 0 Å². The summed E-state index contributed by atoms with van der Waals surface area (Å²) in [6.45, 7) is 8.48. The van der Waals surface area contributed by atoms with Crippen molar-refractivity contribution in [3.63, 3.8) is 0 Å². The van der Waals surface area contributed by atoms with Crippen molar-refractivity contribution >= 4 is 12.3 Å². The maximum Gasteiger partial charge on any atom is 0.254 e. The van der Waals surface area contributed by atoms with Crippen molar-refractivity contribution in [1.29, 1.82) is 0 Å². The largest absolute Gasteiger partial charge is 0.342 e. The number of hydrogen-bond acceptors (Lipinski definition) is 2. The van der Waals surface area contributed by atoms with Crippen LogP contribution in [-0.4, -0.2) is 48.3 Å². The fraction of sp³-hybridized carbons (Fsp3) is 0.467. The molecular formula is C15H20N2O2. The lowest BCUT2D eigenvalue weighted by Gasteiger charge is -2.33. The molecule has 0 unspecified atom stereocenters. The van der Waals surface area contributed by atoms with Gasteiger partial charge in [0.25, 0.3) is 5.91 Å². The molecule has 0 atom stereocenters. The molecule has 0 bridgehead atoms. The van der Waals surface area contributed by atoms with Crippen molar-refractivity contribution in [3.8, 4) is 0 Å². The average Bonchev–Trinajstić information content (AvgIpc) is 2.37. The second-order valence-corrected chi connectivity index (χ2v) is 5.21. The molecule has 1 saturated heterocycles. The van der Waals surface area contributed by atoms with Crippen molar-refractivity contribution in [2.24, 2.45) is 0 Å². The SMILES string of the molecule is Cc1cc(C)c(C(=O)N2CCN(C=O)CC2)c(C)c1. The van der Waals surface area contributed by atoms with Gasteiger partial charge in [-0.1, -0.05) is 17.7 Å². The number of piperazine rings is 1. The van der Waals surface area contributed by atoms with E-state index < -0.39 is 0 Å². The third-order valence-electron chi connectivity index (χ3n) is 3.64. The fourth-order valence-corrected chi connectivity index (χ4v) is 2.71. The number of amides is 2. The lowest BCUT2D eigenvalue weighted by molar-refractivity contribution is -0.119. The summed E-state index contributed by atoms with van der Waals surface area (Å²) < 4.78 is 0. The first-order valence-corrected chi connectivity index (χ1v) is 6.59. The van der Waals surface area contributed by atoms with Crippen LogP contribution in [0.1, 0.15) is 27.0 Å². The molecule has 1 fully saturated rings. The van der Waals surface area contributed by atoms with Gasteiger partial charge in [0.2, 0.25) is 6.41 Å². The number of aryl methyl sites for hydroxylation is 3. The summed E-state index contributed by atoms with van der Waals surface area (Å²) in [6, 6.07) is 4.09. The average molecular weight is 260 g/mol. The minimum Gasteiger partial charge on any atom is -0.342 e. The number of carbonyl (C=O) groups is 2. The van der Waals surface area contributed by atoms with Gasteiger partial charge in [0.15, 0.2) is 0 Å². The molecule has 1 aromatic carbocycles. The molecule has 1 aromatic rings. The highest BCUT2D eigenvalue weighted by atomic mass is 16.2. The molecule has 4 heteroatoms. The van der Waals surface area contributed by atoms with Crippen LogP contribution in [0.15, 0.2) is 12.1 Å². The van der Waals surface area contributed by atoms with Crippen LogP contribution < -0.4 is 0 Å². The molecule has 4 nitrogen and oxygen atoms in total. The summed E-state index contributed by atoms with van der Waals surface area (Å²) in [5.41, 5.74) is 4.04. The van der Waals surface area contributed by atoms with E-state index in [1.54, 1.807) is 4.90 Å². The van der Waals surface area contributed by atoms with Gasteiger partial charge in [0.05, 0.1) is 0 Å². The Hall–Kier alpha value is -1.84. The van der Waals surface area contributed by atoms with Crippen molar-refractivity contribution in [2.45, 2.75) is 20.8 Å². The second kappa shape index (κ2) is 5.43. The molecule has 0 aromatic heterocycles. The molecule has 102 valence electrons. The van der Waals surface area contributed by atoms with E-state index in [0.29, 0.717) is 26.2 Å². The van der Waals surface area contributed by atoms with Crippen LogP contribution in [0.4, 0.5) is 0 Å². The van der Waals surface area contributed by atoms with Crippen LogP contribution in [0.2, 0.25) is 0 Å². The first-order chi connectivity index (χ1) is 9.02. The molecule has 0 spiro atoms. The molecule has 0 saturated carbocycles. The smallest absolute Gasteiger partial charge is 0.254 e. The van der Waals surface area contributed by atoms with E-state index in [9.17, 15) is 9.59 Å². The highest BCUT2D eigenvalue weighted by Crippen LogP contribution is 2.19. The number of benzene rings is 1. The normalized spacial score (nSPS) is 15.5. The van der Waals surface area contributed by atoms with Crippen molar-refractivity contribution < 1.29 is 9.59 Å². The van der Waals surface area contributed by atoms with Gasteiger partial charge in [-0.15, -0.1) is 0 Å². The summed E-state index contributed by atoms with van der Waals surface area (Å²) in [7, 11) is 0. The Morgan fingerprint density at radius 1 is 1.05 bits per heavy atom. The zero-order valence-corrected chi connectivity index (χ0v) is 11.8. The highest BCUT2D eigenvalue weighted by molar-refractivity contribution is 5.97. The van der Waals surface area contributed by atoms with Crippen LogP contribution in [0, 0.1) is 20.8 Å². The number of hydrogen-bond donors (Lipinski definition) is 0. The summed E-state index contributed by atoms with van der Waals surface area (Å²) >= 11 is 0. The second-order valence-electron chi connectivity index (χ2n) is 5.21. The summed E-state index contributed by atoms with van der Waals surface area (Å²) in [5.74, 6) is 0.0838. The maximum absolute atomic E-state index is 12.6. The lowest BCUT2D eigenvalue weighted by atomic mass is 9.98. The zero-order valence-electron chi connectivity index (χ0n) is 11.8. The minimum atomic E-state index is 0.0838. The molecule has 0 aliphatic carbocycles. The van der Waals surface area contributed by atoms with Gasteiger partial charge in [-0.25, -0.2) is 0 Å². The summed E-state index contributed by atoms with van der Waals surface area (Å²) in [4.78, 5) is 26.8. The lowest BCUT2D eigenvalue weighted by Crippen LogP contribution is -2.48. The van der Waals surface area contributed by atoms with Gasteiger partial charge in [-0.2, -0.15) is 0 Å². The van der Waals surface area contributed by atoms with Gasteiger partial charge in [-0.05, 0) is 31.9 Å². The number of carbonyl (C=O) groups excluding carboxylic acids is 2. The van der Waals surface area contributed by atoms with E-state index in [1.807, 2.05) is 37.8 Å². The molecule has 19 heavy (non-hydrogen) atoms. The topological polar surface area (TPSA) is 40.6 Å². The van der Waals surface area contributed by atoms with E-state index in [4.69, 9.17) is 0 Å². The number of rotatable bonds is 2. The van der Waals surface area contributed by atoms with Crippen LogP contribution in [-0.2, 0) is 4.79 Å². The molecule has 1 aliphatic rings. The molecule has 2 amide bonds.